The normalized spacial score (nSPS) is 15.6. The van der Waals surface area contributed by atoms with Crippen LogP contribution < -0.4 is 5.32 Å². The Morgan fingerprint density at radius 1 is 1.26 bits per heavy atom. The van der Waals surface area contributed by atoms with Crippen molar-refractivity contribution in [1.29, 1.82) is 0 Å². The van der Waals surface area contributed by atoms with Gasteiger partial charge in [-0.2, -0.15) is 5.10 Å². The van der Waals surface area contributed by atoms with Gasteiger partial charge >= 0.3 is 0 Å². The van der Waals surface area contributed by atoms with Gasteiger partial charge in [-0.05, 0) is 30.4 Å². The third-order valence-electron chi connectivity index (χ3n) is 4.41. The van der Waals surface area contributed by atoms with Crippen molar-refractivity contribution in [3.8, 4) is 0 Å². The average molecular weight is 315 g/mol. The summed E-state index contributed by atoms with van der Waals surface area (Å²) in [7, 11) is 1.86. The van der Waals surface area contributed by atoms with Gasteiger partial charge in [0.1, 0.15) is 5.60 Å². The molecule has 0 saturated carbocycles. The molecule has 0 aliphatic carbocycles. The fraction of sp³-hybridized carbons (Fsp3) is 0.526. The third-order valence-corrected chi connectivity index (χ3v) is 4.41. The first-order valence-corrected chi connectivity index (χ1v) is 8.37. The Hall–Kier alpha value is -1.65. The summed E-state index contributed by atoms with van der Waals surface area (Å²) < 4.78 is 1.72. The molecule has 1 aromatic carbocycles. The van der Waals surface area contributed by atoms with Crippen LogP contribution in [-0.4, -0.2) is 21.4 Å². The van der Waals surface area contributed by atoms with Gasteiger partial charge < -0.3 is 10.4 Å². The molecule has 0 saturated heterocycles. The molecule has 1 heterocycles. The maximum atomic E-state index is 10.7. The summed E-state index contributed by atoms with van der Waals surface area (Å²) in [5.41, 5.74) is 2.50. The third kappa shape index (κ3) is 4.43. The number of benzene rings is 1. The van der Waals surface area contributed by atoms with Gasteiger partial charge in [-0.25, -0.2) is 0 Å². The minimum Gasteiger partial charge on any atom is -0.384 e. The van der Waals surface area contributed by atoms with Crippen LogP contribution in [0.25, 0.3) is 0 Å². The summed E-state index contributed by atoms with van der Waals surface area (Å²) in [6.07, 6.45) is 4.64. The van der Waals surface area contributed by atoms with Crippen LogP contribution in [0.4, 0.5) is 0 Å². The van der Waals surface area contributed by atoms with E-state index in [-0.39, 0.29) is 6.04 Å². The molecule has 126 valence electrons. The Labute approximate surface area is 139 Å². The summed E-state index contributed by atoms with van der Waals surface area (Å²) >= 11 is 0. The first kappa shape index (κ1) is 17.7. The number of rotatable bonds is 7. The minimum atomic E-state index is -0.940. The van der Waals surface area contributed by atoms with Crippen molar-refractivity contribution in [2.45, 2.75) is 45.8 Å². The standard InChI is InChI=1S/C19H29N3O/c1-6-15-7-9-16(10-8-15)18(14(2)3)20-13-19(4,23)17-11-21-22(5)12-17/h7-12,14,18,20,23H,6,13H2,1-5H3. The van der Waals surface area contributed by atoms with Crippen molar-refractivity contribution in [3.63, 3.8) is 0 Å². The van der Waals surface area contributed by atoms with E-state index in [4.69, 9.17) is 0 Å². The van der Waals surface area contributed by atoms with Gasteiger partial charge in [-0.1, -0.05) is 45.0 Å². The Bertz CT molecular complexity index is 614. The van der Waals surface area contributed by atoms with E-state index in [1.54, 1.807) is 10.9 Å². The molecule has 0 aliphatic rings. The molecule has 0 radical (unpaired) electrons. The van der Waals surface area contributed by atoms with E-state index in [1.165, 1.54) is 11.1 Å². The van der Waals surface area contributed by atoms with Crippen LogP contribution in [0.3, 0.4) is 0 Å². The van der Waals surface area contributed by atoms with Crippen LogP contribution in [0.1, 0.15) is 50.4 Å². The van der Waals surface area contributed by atoms with Crippen molar-refractivity contribution in [1.82, 2.24) is 15.1 Å². The summed E-state index contributed by atoms with van der Waals surface area (Å²) in [6.45, 7) is 8.87. The van der Waals surface area contributed by atoms with E-state index in [0.717, 1.165) is 12.0 Å². The Morgan fingerprint density at radius 3 is 2.39 bits per heavy atom. The van der Waals surface area contributed by atoms with Gasteiger partial charge in [0.05, 0.1) is 6.20 Å². The highest BCUT2D eigenvalue weighted by Gasteiger charge is 2.27. The maximum Gasteiger partial charge on any atom is 0.102 e. The largest absolute Gasteiger partial charge is 0.384 e. The van der Waals surface area contributed by atoms with Gasteiger partial charge in [0.25, 0.3) is 0 Å². The number of nitrogens with one attached hydrogen (secondary N) is 1. The highest BCUT2D eigenvalue weighted by Crippen LogP contribution is 2.25. The van der Waals surface area contributed by atoms with Crippen LogP contribution in [0.2, 0.25) is 0 Å². The molecule has 4 heteroatoms. The first-order valence-electron chi connectivity index (χ1n) is 8.37. The van der Waals surface area contributed by atoms with Crippen LogP contribution in [0.15, 0.2) is 36.7 Å². The highest BCUT2D eigenvalue weighted by atomic mass is 16.3. The SMILES string of the molecule is CCc1ccc(C(NCC(C)(O)c2cnn(C)c2)C(C)C)cc1. The quantitative estimate of drug-likeness (QED) is 0.825. The molecule has 1 aromatic heterocycles. The van der Waals surface area contributed by atoms with Gasteiger partial charge in [0.2, 0.25) is 0 Å². The fourth-order valence-electron chi connectivity index (χ4n) is 2.81. The molecular weight excluding hydrogens is 286 g/mol. The molecule has 2 atom stereocenters. The van der Waals surface area contributed by atoms with Crippen LogP contribution in [-0.2, 0) is 19.1 Å². The molecular formula is C19H29N3O. The number of aliphatic hydroxyl groups is 1. The minimum absolute atomic E-state index is 0.212. The fourth-order valence-corrected chi connectivity index (χ4v) is 2.81. The van der Waals surface area contributed by atoms with Gasteiger partial charge in [-0.15, -0.1) is 0 Å². The summed E-state index contributed by atoms with van der Waals surface area (Å²) in [4.78, 5) is 0. The zero-order chi connectivity index (χ0) is 17.0. The van der Waals surface area contributed by atoms with Crippen LogP contribution in [0, 0.1) is 5.92 Å². The molecule has 2 aromatic rings. The molecule has 0 spiro atoms. The lowest BCUT2D eigenvalue weighted by Gasteiger charge is -2.29. The molecule has 2 unspecified atom stereocenters. The van der Waals surface area contributed by atoms with Crippen LogP contribution >= 0.6 is 0 Å². The van der Waals surface area contributed by atoms with Crippen molar-refractivity contribution in [2.75, 3.05) is 6.54 Å². The van der Waals surface area contributed by atoms with Crippen molar-refractivity contribution >= 4 is 0 Å². The second-order valence-electron chi connectivity index (χ2n) is 6.87. The van der Waals surface area contributed by atoms with Crippen LogP contribution in [0.5, 0.6) is 0 Å². The molecule has 0 amide bonds. The molecule has 2 rings (SSSR count). The Kier molecular flexibility index (Phi) is 5.60. The summed E-state index contributed by atoms with van der Waals surface area (Å²) in [5, 5.41) is 18.4. The maximum absolute atomic E-state index is 10.7. The number of aromatic nitrogens is 2. The first-order chi connectivity index (χ1) is 10.8. The van der Waals surface area contributed by atoms with Gasteiger partial charge in [-0.3, -0.25) is 4.68 Å². The summed E-state index contributed by atoms with van der Waals surface area (Å²) in [5.74, 6) is 0.437. The zero-order valence-corrected chi connectivity index (χ0v) is 14.9. The summed E-state index contributed by atoms with van der Waals surface area (Å²) in [6, 6.07) is 8.96. The van der Waals surface area contributed by atoms with E-state index < -0.39 is 5.60 Å². The smallest absolute Gasteiger partial charge is 0.102 e. The molecule has 2 N–H and O–H groups in total. The van der Waals surface area contributed by atoms with E-state index >= 15 is 0 Å². The van der Waals surface area contributed by atoms with Crippen molar-refractivity contribution < 1.29 is 5.11 Å². The second-order valence-corrected chi connectivity index (χ2v) is 6.87. The number of hydrogen-bond acceptors (Lipinski definition) is 3. The number of nitrogens with zero attached hydrogens (tertiary/aromatic N) is 2. The predicted molar refractivity (Wildman–Crippen MR) is 94.2 cm³/mol. The zero-order valence-electron chi connectivity index (χ0n) is 14.9. The van der Waals surface area contributed by atoms with Gasteiger partial charge in [0.15, 0.2) is 0 Å². The van der Waals surface area contributed by atoms with Gasteiger partial charge in [0, 0.05) is 31.4 Å². The molecule has 4 nitrogen and oxygen atoms in total. The monoisotopic (exact) mass is 315 g/mol. The second kappa shape index (κ2) is 7.28. The van der Waals surface area contributed by atoms with Crippen molar-refractivity contribution in [2.24, 2.45) is 13.0 Å². The lowest BCUT2D eigenvalue weighted by molar-refractivity contribution is 0.0518. The lowest BCUT2D eigenvalue weighted by Crippen LogP contribution is -2.38. The van der Waals surface area contributed by atoms with E-state index in [2.05, 4.69) is 55.5 Å². The van der Waals surface area contributed by atoms with E-state index in [0.29, 0.717) is 12.5 Å². The number of hydrogen-bond donors (Lipinski definition) is 2. The molecule has 23 heavy (non-hydrogen) atoms. The molecule has 0 fully saturated rings. The Balaban J connectivity index is 2.10. The molecule has 0 aliphatic heterocycles. The van der Waals surface area contributed by atoms with E-state index in [1.807, 2.05) is 20.2 Å². The highest BCUT2D eigenvalue weighted by molar-refractivity contribution is 5.25. The predicted octanol–water partition coefficient (Wildman–Crippen LogP) is 3.18. The lowest BCUT2D eigenvalue weighted by atomic mass is 9.93. The van der Waals surface area contributed by atoms with E-state index in [9.17, 15) is 5.11 Å². The average Bonchev–Trinajstić information content (AvgIpc) is 2.95. The van der Waals surface area contributed by atoms with Crippen molar-refractivity contribution in [3.05, 3.63) is 53.3 Å². The molecule has 0 bridgehead atoms. The Morgan fingerprint density at radius 2 is 1.91 bits per heavy atom. The number of aryl methyl sites for hydroxylation is 2. The topological polar surface area (TPSA) is 50.1 Å².